The van der Waals surface area contributed by atoms with Gasteiger partial charge in [-0.3, -0.25) is 5.84 Å². The van der Waals surface area contributed by atoms with Gasteiger partial charge in [0, 0.05) is 0 Å². The minimum Gasteiger partial charge on any atom is -0.271 e. The second-order valence-electron chi connectivity index (χ2n) is 5.33. The van der Waals surface area contributed by atoms with Gasteiger partial charge in [-0.05, 0) is 49.9 Å². The fraction of sp³-hybridized carbons (Fsp3) is 0.294. The smallest absolute Gasteiger partial charge is 0.0715 e. The lowest BCUT2D eigenvalue weighted by Gasteiger charge is -2.22. The van der Waals surface area contributed by atoms with Crippen molar-refractivity contribution in [3.8, 4) is 0 Å². The van der Waals surface area contributed by atoms with Crippen molar-refractivity contribution in [2.75, 3.05) is 0 Å². The Morgan fingerprint density at radius 2 is 1.53 bits per heavy atom. The first-order chi connectivity index (χ1) is 9.02. The summed E-state index contributed by atoms with van der Waals surface area (Å²) >= 11 is 0. The van der Waals surface area contributed by atoms with Gasteiger partial charge in [-0.1, -0.05) is 47.5 Å². The molecule has 0 spiro atoms. The highest BCUT2D eigenvalue weighted by atomic mass is 15.2. The van der Waals surface area contributed by atoms with Crippen LogP contribution in [-0.4, -0.2) is 0 Å². The third-order valence-corrected chi connectivity index (χ3v) is 3.57. The standard InChI is InChI=1S/C17H22N2/c1-11-6-5-7-15(10-11)17(19-18)16-13(3)8-12(2)9-14(16)4/h5-10,17,19H,18H2,1-4H3. The topological polar surface area (TPSA) is 38.0 Å². The van der Waals surface area contributed by atoms with Gasteiger partial charge in [0.15, 0.2) is 0 Å². The summed E-state index contributed by atoms with van der Waals surface area (Å²) in [5, 5.41) is 0. The first kappa shape index (κ1) is 13.8. The number of hydrogen-bond acceptors (Lipinski definition) is 2. The van der Waals surface area contributed by atoms with Crippen LogP contribution in [0.1, 0.15) is 39.4 Å². The van der Waals surface area contributed by atoms with Crippen LogP contribution in [0.5, 0.6) is 0 Å². The summed E-state index contributed by atoms with van der Waals surface area (Å²) in [7, 11) is 0. The molecule has 2 nitrogen and oxygen atoms in total. The summed E-state index contributed by atoms with van der Waals surface area (Å²) in [4.78, 5) is 0. The predicted octanol–water partition coefficient (Wildman–Crippen LogP) is 3.47. The highest BCUT2D eigenvalue weighted by Gasteiger charge is 2.17. The molecule has 3 N–H and O–H groups in total. The van der Waals surface area contributed by atoms with Gasteiger partial charge < -0.3 is 0 Å². The molecular weight excluding hydrogens is 232 g/mol. The quantitative estimate of drug-likeness (QED) is 0.650. The van der Waals surface area contributed by atoms with Gasteiger partial charge >= 0.3 is 0 Å². The zero-order valence-corrected chi connectivity index (χ0v) is 12.1. The average molecular weight is 254 g/mol. The van der Waals surface area contributed by atoms with E-state index in [9.17, 15) is 0 Å². The van der Waals surface area contributed by atoms with Crippen molar-refractivity contribution in [3.63, 3.8) is 0 Å². The summed E-state index contributed by atoms with van der Waals surface area (Å²) in [6.45, 7) is 8.53. The molecule has 2 heteroatoms. The zero-order chi connectivity index (χ0) is 14.0. The molecular formula is C17H22N2. The molecule has 100 valence electrons. The third kappa shape index (κ3) is 2.86. The molecule has 0 heterocycles. The number of hydrogen-bond donors (Lipinski definition) is 2. The van der Waals surface area contributed by atoms with Gasteiger partial charge in [-0.2, -0.15) is 0 Å². The van der Waals surface area contributed by atoms with E-state index in [0.717, 1.165) is 0 Å². The van der Waals surface area contributed by atoms with E-state index in [1.165, 1.54) is 33.4 Å². The summed E-state index contributed by atoms with van der Waals surface area (Å²) < 4.78 is 0. The van der Waals surface area contributed by atoms with Crippen molar-refractivity contribution < 1.29 is 0 Å². The van der Waals surface area contributed by atoms with E-state index in [1.807, 2.05) is 0 Å². The summed E-state index contributed by atoms with van der Waals surface area (Å²) in [6.07, 6.45) is 0. The molecule has 0 fully saturated rings. The van der Waals surface area contributed by atoms with Crippen molar-refractivity contribution in [3.05, 3.63) is 69.8 Å². The Hall–Kier alpha value is -1.64. The summed E-state index contributed by atoms with van der Waals surface area (Å²) in [5.74, 6) is 5.81. The third-order valence-electron chi connectivity index (χ3n) is 3.57. The minimum atomic E-state index is 0.0421. The van der Waals surface area contributed by atoms with Crippen LogP contribution in [0, 0.1) is 27.7 Å². The Bertz CT molecular complexity index is 565. The average Bonchev–Trinajstić information content (AvgIpc) is 2.33. The molecule has 0 aliphatic heterocycles. The van der Waals surface area contributed by atoms with Crippen molar-refractivity contribution >= 4 is 0 Å². The molecule has 0 radical (unpaired) electrons. The predicted molar refractivity (Wildman–Crippen MR) is 81.0 cm³/mol. The van der Waals surface area contributed by atoms with E-state index in [4.69, 9.17) is 5.84 Å². The fourth-order valence-electron chi connectivity index (χ4n) is 2.84. The Balaban J connectivity index is 2.54. The second kappa shape index (κ2) is 5.55. The van der Waals surface area contributed by atoms with E-state index < -0.39 is 0 Å². The van der Waals surface area contributed by atoms with Crippen LogP contribution in [0.3, 0.4) is 0 Å². The molecule has 0 bridgehead atoms. The first-order valence-corrected chi connectivity index (χ1v) is 6.63. The molecule has 1 atom stereocenters. The van der Waals surface area contributed by atoms with Crippen molar-refractivity contribution in [2.24, 2.45) is 5.84 Å². The minimum absolute atomic E-state index is 0.0421. The van der Waals surface area contributed by atoms with Crippen molar-refractivity contribution in [2.45, 2.75) is 33.7 Å². The van der Waals surface area contributed by atoms with Crippen LogP contribution in [0.2, 0.25) is 0 Å². The zero-order valence-electron chi connectivity index (χ0n) is 12.1. The Kier molecular flexibility index (Phi) is 4.03. The Morgan fingerprint density at radius 1 is 0.895 bits per heavy atom. The van der Waals surface area contributed by atoms with Gasteiger partial charge in [0.2, 0.25) is 0 Å². The molecule has 2 aromatic carbocycles. The normalized spacial score (nSPS) is 12.5. The van der Waals surface area contributed by atoms with Gasteiger partial charge in [-0.25, -0.2) is 5.43 Å². The number of rotatable bonds is 3. The lowest BCUT2D eigenvalue weighted by molar-refractivity contribution is 0.630. The second-order valence-corrected chi connectivity index (χ2v) is 5.33. The van der Waals surface area contributed by atoms with Crippen LogP contribution in [0.15, 0.2) is 36.4 Å². The number of hydrazine groups is 1. The highest BCUT2D eigenvalue weighted by Crippen LogP contribution is 2.28. The van der Waals surface area contributed by atoms with Crippen molar-refractivity contribution in [1.82, 2.24) is 5.43 Å². The first-order valence-electron chi connectivity index (χ1n) is 6.63. The Labute approximate surface area is 115 Å². The summed E-state index contributed by atoms with van der Waals surface area (Å²) in [6, 6.07) is 12.9. The van der Waals surface area contributed by atoms with Gasteiger partial charge in [0.1, 0.15) is 0 Å². The van der Waals surface area contributed by atoms with Crippen LogP contribution >= 0.6 is 0 Å². The fourth-order valence-corrected chi connectivity index (χ4v) is 2.84. The molecule has 1 unspecified atom stereocenters. The SMILES string of the molecule is Cc1cccc(C(NN)c2c(C)cc(C)cc2C)c1. The maximum Gasteiger partial charge on any atom is 0.0715 e. The molecule has 0 saturated carbocycles. The van der Waals surface area contributed by atoms with E-state index in [2.05, 4.69) is 69.5 Å². The van der Waals surface area contributed by atoms with Crippen LogP contribution < -0.4 is 11.3 Å². The van der Waals surface area contributed by atoms with E-state index in [-0.39, 0.29) is 6.04 Å². The maximum atomic E-state index is 5.81. The molecule has 0 aliphatic rings. The lowest BCUT2D eigenvalue weighted by atomic mass is 9.90. The summed E-state index contributed by atoms with van der Waals surface area (Å²) in [5.41, 5.74) is 10.5. The number of aryl methyl sites for hydroxylation is 4. The van der Waals surface area contributed by atoms with Gasteiger partial charge in [0.05, 0.1) is 6.04 Å². The molecule has 2 rings (SSSR count). The molecule has 0 amide bonds. The molecule has 19 heavy (non-hydrogen) atoms. The molecule has 2 aromatic rings. The van der Waals surface area contributed by atoms with Crippen LogP contribution in [0.4, 0.5) is 0 Å². The largest absolute Gasteiger partial charge is 0.271 e. The number of nitrogens with two attached hydrogens (primary N) is 1. The van der Waals surface area contributed by atoms with Crippen LogP contribution in [0.25, 0.3) is 0 Å². The van der Waals surface area contributed by atoms with E-state index in [1.54, 1.807) is 0 Å². The Morgan fingerprint density at radius 3 is 2.05 bits per heavy atom. The highest BCUT2D eigenvalue weighted by molar-refractivity contribution is 5.44. The number of nitrogens with one attached hydrogen (secondary N) is 1. The van der Waals surface area contributed by atoms with Crippen molar-refractivity contribution in [1.29, 1.82) is 0 Å². The maximum absolute atomic E-state index is 5.81. The molecule has 0 aromatic heterocycles. The number of benzene rings is 2. The monoisotopic (exact) mass is 254 g/mol. The van der Waals surface area contributed by atoms with Gasteiger partial charge in [-0.15, -0.1) is 0 Å². The molecule has 0 saturated heterocycles. The van der Waals surface area contributed by atoms with E-state index >= 15 is 0 Å². The van der Waals surface area contributed by atoms with E-state index in [0.29, 0.717) is 0 Å². The lowest BCUT2D eigenvalue weighted by Crippen LogP contribution is -2.30. The molecule has 0 aliphatic carbocycles. The van der Waals surface area contributed by atoms with Crippen LogP contribution in [-0.2, 0) is 0 Å². The van der Waals surface area contributed by atoms with Gasteiger partial charge in [0.25, 0.3) is 0 Å².